The lowest BCUT2D eigenvalue weighted by molar-refractivity contribution is -0.116. The molecule has 1 aromatic carbocycles. The minimum Gasteiger partial charge on any atom is -0.493 e. The fraction of sp³-hybridized carbons (Fsp3) is 0.333. The van der Waals surface area contributed by atoms with Crippen molar-refractivity contribution in [3.05, 3.63) is 34.5 Å². The van der Waals surface area contributed by atoms with Gasteiger partial charge in [-0.05, 0) is 17.9 Å². The number of amides is 2. The third-order valence-electron chi connectivity index (χ3n) is 3.56. The van der Waals surface area contributed by atoms with Crippen LogP contribution in [0, 0.1) is 0 Å². The van der Waals surface area contributed by atoms with Crippen LogP contribution >= 0.6 is 11.3 Å². The summed E-state index contributed by atoms with van der Waals surface area (Å²) in [5, 5.41) is 7.43. The van der Waals surface area contributed by atoms with Gasteiger partial charge >= 0.3 is 0 Å². The summed E-state index contributed by atoms with van der Waals surface area (Å²) in [6, 6.07) is 6.91. The van der Waals surface area contributed by atoms with Gasteiger partial charge in [-0.15, -0.1) is 11.3 Å². The van der Waals surface area contributed by atoms with Crippen molar-refractivity contribution >= 4 is 28.8 Å². The average Bonchev–Trinajstić information content (AvgIpc) is 3.19. The minimum atomic E-state index is -0.162. The summed E-state index contributed by atoms with van der Waals surface area (Å²) in [6.45, 7) is 0.430. The number of rotatable bonds is 9. The molecule has 2 aromatic rings. The van der Waals surface area contributed by atoms with E-state index in [2.05, 4.69) is 10.6 Å². The van der Waals surface area contributed by atoms with Crippen molar-refractivity contribution in [1.29, 1.82) is 0 Å². The highest BCUT2D eigenvalue weighted by Gasteiger charge is 2.14. The molecule has 0 aliphatic carbocycles. The zero-order valence-electron chi connectivity index (χ0n) is 15.0. The molecule has 0 radical (unpaired) electrons. The van der Waals surface area contributed by atoms with Crippen LogP contribution in [0.3, 0.4) is 0 Å². The van der Waals surface area contributed by atoms with E-state index in [1.807, 2.05) is 11.4 Å². The second-order valence-electron chi connectivity index (χ2n) is 5.30. The Balaban J connectivity index is 1.84. The monoisotopic (exact) mass is 378 g/mol. The van der Waals surface area contributed by atoms with Crippen LogP contribution < -0.4 is 24.8 Å². The van der Waals surface area contributed by atoms with E-state index in [-0.39, 0.29) is 18.2 Å². The Morgan fingerprint density at radius 3 is 2.31 bits per heavy atom. The van der Waals surface area contributed by atoms with Gasteiger partial charge in [0.05, 0.1) is 26.2 Å². The van der Waals surface area contributed by atoms with Crippen LogP contribution in [0.2, 0.25) is 0 Å². The van der Waals surface area contributed by atoms with E-state index < -0.39 is 0 Å². The van der Waals surface area contributed by atoms with Crippen molar-refractivity contribution < 1.29 is 23.8 Å². The Morgan fingerprint density at radius 1 is 1.08 bits per heavy atom. The molecule has 0 unspecified atom stereocenters. The smallest absolute Gasteiger partial charge is 0.261 e. The molecular weight excluding hydrogens is 356 g/mol. The highest BCUT2D eigenvalue weighted by molar-refractivity contribution is 7.12. The molecule has 2 amide bonds. The first kappa shape index (κ1) is 19.6. The van der Waals surface area contributed by atoms with Gasteiger partial charge in [-0.1, -0.05) is 6.07 Å². The van der Waals surface area contributed by atoms with E-state index in [0.717, 1.165) is 0 Å². The molecular formula is C18H22N2O5S. The van der Waals surface area contributed by atoms with Crippen LogP contribution in [-0.4, -0.2) is 39.7 Å². The third-order valence-corrected chi connectivity index (χ3v) is 4.43. The normalized spacial score (nSPS) is 10.1. The van der Waals surface area contributed by atoms with Crippen LogP contribution in [0.25, 0.3) is 0 Å². The number of carbonyl (C=O) groups is 2. The predicted octanol–water partition coefficient (Wildman–Crippen LogP) is 2.92. The van der Waals surface area contributed by atoms with Crippen LogP contribution in [0.15, 0.2) is 29.6 Å². The Bertz CT molecular complexity index is 721. The quantitative estimate of drug-likeness (QED) is 0.655. The lowest BCUT2D eigenvalue weighted by Gasteiger charge is -2.14. The SMILES string of the molecule is COc1cc(NC(=O)CCCNC(=O)c2cccs2)cc(OC)c1OC. The van der Waals surface area contributed by atoms with Gasteiger partial charge in [-0.2, -0.15) is 0 Å². The summed E-state index contributed by atoms with van der Waals surface area (Å²) >= 11 is 1.38. The highest BCUT2D eigenvalue weighted by Crippen LogP contribution is 2.39. The first-order chi connectivity index (χ1) is 12.6. The summed E-state index contributed by atoms with van der Waals surface area (Å²) in [5.74, 6) is 1.11. The summed E-state index contributed by atoms with van der Waals surface area (Å²) in [4.78, 5) is 24.6. The maximum atomic E-state index is 12.1. The molecule has 8 heteroatoms. The van der Waals surface area contributed by atoms with Crippen molar-refractivity contribution in [2.24, 2.45) is 0 Å². The number of anilines is 1. The molecule has 0 saturated heterocycles. The van der Waals surface area contributed by atoms with Gasteiger partial charge in [-0.25, -0.2) is 0 Å². The molecule has 2 rings (SSSR count). The Hall–Kier alpha value is -2.74. The van der Waals surface area contributed by atoms with E-state index in [0.29, 0.717) is 40.8 Å². The summed E-state index contributed by atoms with van der Waals surface area (Å²) in [5.41, 5.74) is 0.548. The first-order valence-electron chi connectivity index (χ1n) is 8.00. The minimum absolute atomic E-state index is 0.120. The van der Waals surface area contributed by atoms with Crippen molar-refractivity contribution in [3.63, 3.8) is 0 Å². The molecule has 0 bridgehead atoms. The summed E-state index contributed by atoms with van der Waals surface area (Å²) in [7, 11) is 4.54. The molecule has 1 aromatic heterocycles. The van der Waals surface area contributed by atoms with Gasteiger partial charge in [0.1, 0.15) is 0 Å². The first-order valence-corrected chi connectivity index (χ1v) is 8.88. The molecule has 0 atom stereocenters. The molecule has 2 N–H and O–H groups in total. The van der Waals surface area contributed by atoms with Crippen molar-refractivity contribution in [1.82, 2.24) is 5.32 Å². The molecule has 0 fully saturated rings. The zero-order valence-corrected chi connectivity index (χ0v) is 15.8. The van der Waals surface area contributed by atoms with Gasteiger partial charge in [0.25, 0.3) is 5.91 Å². The average molecular weight is 378 g/mol. The van der Waals surface area contributed by atoms with Crippen LogP contribution in [0.5, 0.6) is 17.2 Å². The number of carbonyl (C=O) groups excluding carboxylic acids is 2. The number of hydrogen-bond donors (Lipinski definition) is 2. The summed E-state index contributed by atoms with van der Waals surface area (Å²) in [6.07, 6.45) is 0.814. The van der Waals surface area contributed by atoms with Gasteiger partial charge in [-0.3, -0.25) is 9.59 Å². The topological polar surface area (TPSA) is 85.9 Å². The number of benzene rings is 1. The van der Waals surface area contributed by atoms with E-state index in [1.54, 1.807) is 18.2 Å². The maximum absolute atomic E-state index is 12.1. The number of thiophene rings is 1. The number of methoxy groups -OCH3 is 3. The molecule has 1 heterocycles. The fourth-order valence-electron chi connectivity index (χ4n) is 2.32. The van der Waals surface area contributed by atoms with Crippen LogP contribution in [0.1, 0.15) is 22.5 Å². The number of hydrogen-bond acceptors (Lipinski definition) is 6. The molecule has 0 aliphatic rings. The molecule has 7 nitrogen and oxygen atoms in total. The van der Waals surface area contributed by atoms with Gasteiger partial charge in [0.2, 0.25) is 11.7 Å². The van der Waals surface area contributed by atoms with Crippen molar-refractivity contribution in [2.75, 3.05) is 33.2 Å². The summed E-state index contributed by atoms with van der Waals surface area (Å²) < 4.78 is 15.8. The third kappa shape index (κ3) is 5.13. The van der Waals surface area contributed by atoms with E-state index >= 15 is 0 Å². The van der Waals surface area contributed by atoms with Crippen molar-refractivity contribution in [2.45, 2.75) is 12.8 Å². The zero-order chi connectivity index (χ0) is 18.9. The highest BCUT2D eigenvalue weighted by atomic mass is 32.1. The van der Waals surface area contributed by atoms with E-state index in [1.165, 1.54) is 32.7 Å². The molecule has 0 saturated carbocycles. The Labute approximate surface area is 156 Å². The Morgan fingerprint density at radius 2 is 1.77 bits per heavy atom. The van der Waals surface area contributed by atoms with E-state index in [4.69, 9.17) is 14.2 Å². The largest absolute Gasteiger partial charge is 0.493 e. The lowest BCUT2D eigenvalue weighted by atomic mass is 10.2. The van der Waals surface area contributed by atoms with Crippen LogP contribution in [0.4, 0.5) is 5.69 Å². The predicted molar refractivity (Wildman–Crippen MR) is 101 cm³/mol. The van der Waals surface area contributed by atoms with Crippen LogP contribution in [-0.2, 0) is 4.79 Å². The second kappa shape index (κ2) is 9.67. The molecule has 26 heavy (non-hydrogen) atoms. The number of nitrogens with one attached hydrogen (secondary N) is 2. The van der Waals surface area contributed by atoms with Crippen molar-refractivity contribution in [3.8, 4) is 17.2 Å². The molecule has 0 aliphatic heterocycles. The molecule has 140 valence electrons. The maximum Gasteiger partial charge on any atom is 0.261 e. The number of ether oxygens (including phenoxy) is 3. The second-order valence-corrected chi connectivity index (χ2v) is 6.25. The van der Waals surface area contributed by atoms with E-state index in [9.17, 15) is 9.59 Å². The fourth-order valence-corrected chi connectivity index (χ4v) is 2.96. The van der Waals surface area contributed by atoms with Gasteiger partial charge in [0.15, 0.2) is 11.5 Å². The standard InChI is InChI=1S/C18H22N2O5S/c1-23-13-10-12(11-14(24-2)17(13)25-3)20-16(21)7-4-8-19-18(22)15-6-5-9-26-15/h5-6,9-11H,4,7-8H2,1-3H3,(H,19,22)(H,20,21). The lowest BCUT2D eigenvalue weighted by Crippen LogP contribution is -2.24. The Kier molecular flexibility index (Phi) is 7.28. The molecule has 0 spiro atoms. The van der Waals surface area contributed by atoms with Gasteiger partial charge < -0.3 is 24.8 Å². The van der Waals surface area contributed by atoms with Gasteiger partial charge in [0, 0.05) is 30.8 Å².